The highest BCUT2D eigenvalue weighted by Gasteiger charge is 2.51. The van der Waals surface area contributed by atoms with Crippen molar-refractivity contribution < 1.29 is 22.7 Å². The zero-order valence-corrected chi connectivity index (χ0v) is 14.0. The molecular weight excluding hydrogens is 355 g/mol. The van der Waals surface area contributed by atoms with Gasteiger partial charge in [-0.15, -0.1) is 0 Å². The number of amides is 1. The van der Waals surface area contributed by atoms with Crippen LogP contribution < -0.4 is 10.1 Å². The Balaban J connectivity index is 1.87. The van der Waals surface area contributed by atoms with Gasteiger partial charge in [0.25, 0.3) is 0 Å². The SMILES string of the molecule is COc1ccc(C2(C(=O)Nc3ccc(Cl)cc3C(F)(F)F)CC2)cc1. The van der Waals surface area contributed by atoms with Crippen LogP contribution in [0.5, 0.6) is 5.75 Å². The number of ether oxygens (including phenoxy) is 1. The average Bonchev–Trinajstić information content (AvgIpc) is 3.37. The summed E-state index contributed by atoms with van der Waals surface area (Å²) in [4.78, 5) is 12.7. The normalized spacial score (nSPS) is 15.6. The molecule has 0 aromatic heterocycles. The number of halogens is 4. The largest absolute Gasteiger partial charge is 0.497 e. The van der Waals surface area contributed by atoms with Crippen molar-refractivity contribution in [2.75, 3.05) is 12.4 Å². The third-order valence-corrected chi connectivity index (χ3v) is 4.60. The second-order valence-electron chi connectivity index (χ2n) is 5.95. The first kappa shape index (κ1) is 17.6. The van der Waals surface area contributed by atoms with E-state index >= 15 is 0 Å². The van der Waals surface area contributed by atoms with Gasteiger partial charge >= 0.3 is 6.18 Å². The van der Waals surface area contributed by atoms with Gasteiger partial charge in [-0.05, 0) is 48.7 Å². The summed E-state index contributed by atoms with van der Waals surface area (Å²) in [5.41, 5.74) is -1.29. The Morgan fingerprint density at radius 1 is 1.16 bits per heavy atom. The average molecular weight is 370 g/mol. The van der Waals surface area contributed by atoms with E-state index in [1.54, 1.807) is 24.3 Å². The smallest absolute Gasteiger partial charge is 0.418 e. The summed E-state index contributed by atoms with van der Waals surface area (Å²) >= 11 is 5.66. The number of hydrogen-bond acceptors (Lipinski definition) is 2. The van der Waals surface area contributed by atoms with Gasteiger partial charge in [-0.25, -0.2) is 0 Å². The van der Waals surface area contributed by atoms with Crippen molar-refractivity contribution in [3.63, 3.8) is 0 Å². The number of methoxy groups -OCH3 is 1. The minimum absolute atomic E-state index is 0.0402. The molecule has 0 unspecified atom stereocenters. The molecule has 2 aromatic rings. The van der Waals surface area contributed by atoms with Gasteiger partial charge in [-0.1, -0.05) is 23.7 Å². The van der Waals surface area contributed by atoms with Gasteiger partial charge in [-0.2, -0.15) is 13.2 Å². The molecule has 25 heavy (non-hydrogen) atoms. The molecule has 0 spiro atoms. The number of anilines is 1. The van der Waals surface area contributed by atoms with Crippen molar-refractivity contribution in [1.29, 1.82) is 0 Å². The highest BCUT2D eigenvalue weighted by Crippen LogP contribution is 2.49. The molecular formula is C18H15ClF3NO2. The molecule has 0 radical (unpaired) electrons. The lowest BCUT2D eigenvalue weighted by Gasteiger charge is -2.19. The van der Waals surface area contributed by atoms with E-state index in [2.05, 4.69) is 5.32 Å². The van der Waals surface area contributed by atoms with Crippen LogP contribution in [0.4, 0.5) is 18.9 Å². The molecule has 0 heterocycles. The summed E-state index contributed by atoms with van der Waals surface area (Å²) in [7, 11) is 1.54. The Kier molecular flexibility index (Phi) is 4.41. The van der Waals surface area contributed by atoms with Crippen molar-refractivity contribution in [2.45, 2.75) is 24.4 Å². The second-order valence-corrected chi connectivity index (χ2v) is 6.39. The Bertz CT molecular complexity index is 799. The molecule has 0 saturated heterocycles. The van der Waals surface area contributed by atoms with Crippen molar-refractivity contribution in [1.82, 2.24) is 0 Å². The minimum Gasteiger partial charge on any atom is -0.497 e. The fraction of sp³-hybridized carbons (Fsp3) is 0.278. The second kappa shape index (κ2) is 6.26. The topological polar surface area (TPSA) is 38.3 Å². The molecule has 0 atom stereocenters. The van der Waals surface area contributed by atoms with Gasteiger partial charge < -0.3 is 10.1 Å². The van der Waals surface area contributed by atoms with Gasteiger partial charge in [0.1, 0.15) is 5.75 Å². The van der Waals surface area contributed by atoms with E-state index in [0.29, 0.717) is 18.6 Å². The molecule has 1 N–H and O–H groups in total. The van der Waals surface area contributed by atoms with Gasteiger partial charge in [0.15, 0.2) is 0 Å². The zero-order chi connectivity index (χ0) is 18.2. The van der Waals surface area contributed by atoms with Crippen molar-refractivity contribution >= 4 is 23.2 Å². The van der Waals surface area contributed by atoms with Crippen LogP contribution in [0.3, 0.4) is 0 Å². The van der Waals surface area contributed by atoms with E-state index in [4.69, 9.17) is 16.3 Å². The lowest BCUT2D eigenvalue weighted by Crippen LogP contribution is -2.28. The predicted molar refractivity (Wildman–Crippen MR) is 89.0 cm³/mol. The van der Waals surface area contributed by atoms with Crippen LogP contribution in [0, 0.1) is 0 Å². The summed E-state index contributed by atoms with van der Waals surface area (Å²) in [6, 6.07) is 10.3. The maximum atomic E-state index is 13.2. The van der Waals surface area contributed by atoms with Gasteiger partial charge in [0.2, 0.25) is 5.91 Å². The number of benzene rings is 2. The lowest BCUT2D eigenvalue weighted by molar-refractivity contribution is -0.137. The number of nitrogens with one attached hydrogen (secondary N) is 1. The Morgan fingerprint density at radius 3 is 2.32 bits per heavy atom. The first-order valence-electron chi connectivity index (χ1n) is 7.59. The molecule has 1 saturated carbocycles. The van der Waals surface area contributed by atoms with E-state index in [9.17, 15) is 18.0 Å². The summed E-state index contributed by atoms with van der Waals surface area (Å²) in [6.45, 7) is 0. The highest BCUT2D eigenvalue weighted by atomic mass is 35.5. The molecule has 132 valence electrons. The fourth-order valence-corrected chi connectivity index (χ4v) is 2.96. The van der Waals surface area contributed by atoms with Gasteiger partial charge in [0, 0.05) is 5.02 Å². The molecule has 1 fully saturated rings. The summed E-state index contributed by atoms with van der Waals surface area (Å²) in [6.07, 6.45) is -3.44. The highest BCUT2D eigenvalue weighted by molar-refractivity contribution is 6.30. The van der Waals surface area contributed by atoms with Crippen LogP contribution in [0.1, 0.15) is 24.0 Å². The monoisotopic (exact) mass is 369 g/mol. The summed E-state index contributed by atoms with van der Waals surface area (Å²) < 4.78 is 44.6. The maximum absolute atomic E-state index is 13.2. The third-order valence-electron chi connectivity index (χ3n) is 4.36. The fourth-order valence-electron chi connectivity index (χ4n) is 2.78. The number of carbonyl (C=O) groups excluding carboxylic acids is 1. The lowest BCUT2D eigenvalue weighted by atomic mass is 9.94. The molecule has 1 amide bonds. The first-order chi connectivity index (χ1) is 11.8. The van der Waals surface area contributed by atoms with E-state index in [1.807, 2.05) is 0 Å². The van der Waals surface area contributed by atoms with Crippen LogP contribution in [0.15, 0.2) is 42.5 Å². The van der Waals surface area contributed by atoms with Crippen LogP contribution in [0.2, 0.25) is 5.02 Å². The quantitative estimate of drug-likeness (QED) is 0.820. The van der Waals surface area contributed by atoms with Crippen molar-refractivity contribution in [3.8, 4) is 5.75 Å². The summed E-state index contributed by atoms with van der Waals surface area (Å²) in [5.74, 6) is 0.197. The molecule has 3 nitrogen and oxygen atoms in total. The molecule has 1 aliphatic rings. The van der Waals surface area contributed by atoms with Gasteiger partial charge in [-0.3, -0.25) is 4.79 Å². The molecule has 7 heteroatoms. The molecule has 2 aromatic carbocycles. The summed E-state index contributed by atoms with van der Waals surface area (Å²) in [5, 5.41) is 2.39. The van der Waals surface area contributed by atoms with E-state index in [-0.39, 0.29) is 10.7 Å². The van der Waals surface area contributed by atoms with E-state index in [1.165, 1.54) is 19.2 Å². The zero-order valence-electron chi connectivity index (χ0n) is 13.3. The van der Waals surface area contributed by atoms with E-state index in [0.717, 1.165) is 11.6 Å². The van der Waals surface area contributed by atoms with Crippen molar-refractivity contribution in [3.05, 3.63) is 58.6 Å². The third kappa shape index (κ3) is 3.44. The molecule has 0 bridgehead atoms. The molecule has 1 aliphatic carbocycles. The van der Waals surface area contributed by atoms with Crippen molar-refractivity contribution in [2.24, 2.45) is 0 Å². The Morgan fingerprint density at radius 2 is 1.80 bits per heavy atom. The van der Waals surface area contributed by atoms with Gasteiger partial charge in [0.05, 0.1) is 23.8 Å². The first-order valence-corrected chi connectivity index (χ1v) is 7.97. The standard InChI is InChI=1S/C18H15ClF3NO2/c1-25-13-5-2-11(3-6-13)17(8-9-17)16(24)23-15-7-4-12(19)10-14(15)18(20,21)22/h2-7,10H,8-9H2,1H3,(H,23,24). The number of hydrogen-bond donors (Lipinski definition) is 1. The minimum atomic E-state index is -4.61. The number of alkyl halides is 3. The maximum Gasteiger partial charge on any atom is 0.418 e. The predicted octanol–water partition coefficient (Wildman–Crippen LogP) is 5.04. The Hall–Kier alpha value is -2.21. The Labute approximate surface area is 147 Å². The van der Waals surface area contributed by atoms with Crippen LogP contribution in [0.25, 0.3) is 0 Å². The van der Waals surface area contributed by atoms with Crippen LogP contribution in [-0.4, -0.2) is 13.0 Å². The molecule has 3 rings (SSSR count). The van der Waals surface area contributed by atoms with Crippen LogP contribution >= 0.6 is 11.6 Å². The number of carbonyl (C=O) groups is 1. The van der Waals surface area contributed by atoms with E-state index < -0.39 is 23.1 Å². The van der Waals surface area contributed by atoms with Crippen LogP contribution in [-0.2, 0) is 16.4 Å². The molecule has 0 aliphatic heterocycles. The number of rotatable bonds is 4.